The number of nitrogens with zero attached hydrogens (tertiary/aromatic N) is 5. The molecule has 0 N–H and O–H groups in total. The maximum atomic E-state index is 13.3. The first kappa shape index (κ1) is 18.1. The topological polar surface area (TPSA) is 54.3 Å². The molecule has 148 valence electrons. The van der Waals surface area contributed by atoms with E-state index in [-0.39, 0.29) is 5.91 Å². The molecule has 0 spiro atoms. The van der Waals surface area contributed by atoms with E-state index in [2.05, 4.69) is 28.1 Å². The molecule has 3 heterocycles. The van der Waals surface area contributed by atoms with Gasteiger partial charge in [0, 0.05) is 56.4 Å². The molecule has 6 nitrogen and oxygen atoms in total. The van der Waals surface area contributed by atoms with Crippen LogP contribution in [0.1, 0.15) is 33.7 Å². The summed E-state index contributed by atoms with van der Waals surface area (Å²) in [5, 5.41) is 4.77. The highest BCUT2D eigenvalue weighted by molar-refractivity contribution is 5.94. The summed E-state index contributed by atoms with van der Waals surface area (Å²) in [6.07, 6.45) is 6.75. The lowest BCUT2D eigenvalue weighted by molar-refractivity contribution is 0.0621. The molecule has 6 heteroatoms. The van der Waals surface area contributed by atoms with Crippen molar-refractivity contribution in [3.8, 4) is 5.69 Å². The van der Waals surface area contributed by atoms with Crippen LogP contribution in [0.3, 0.4) is 0 Å². The van der Waals surface area contributed by atoms with Gasteiger partial charge in [-0.3, -0.25) is 14.7 Å². The molecule has 0 unspecified atom stereocenters. The highest BCUT2D eigenvalue weighted by Crippen LogP contribution is 2.28. The van der Waals surface area contributed by atoms with Crippen molar-refractivity contribution in [3.05, 3.63) is 77.4 Å². The van der Waals surface area contributed by atoms with Gasteiger partial charge in [0.05, 0.1) is 5.69 Å². The molecule has 1 fully saturated rings. The summed E-state index contributed by atoms with van der Waals surface area (Å²) in [7, 11) is 0. The second-order valence-corrected chi connectivity index (χ2v) is 7.80. The highest BCUT2D eigenvalue weighted by atomic mass is 16.2. The van der Waals surface area contributed by atoms with Gasteiger partial charge in [0.1, 0.15) is 0 Å². The van der Waals surface area contributed by atoms with Crippen LogP contribution < -0.4 is 0 Å². The molecule has 3 aromatic rings. The van der Waals surface area contributed by atoms with Gasteiger partial charge in [-0.2, -0.15) is 5.10 Å². The second-order valence-electron chi connectivity index (χ2n) is 7.80. The van der Waals surface area contributed by atoms with Gasteiger partial charge in [-0.15, -0.1) is 0 Å². The zero-order valence-electron chi connectivity index (χ0n) is 16.5. The zero-order valence-corrected chi connectivity index (χ0v) is 16.5. The van der Waals surface area contributed by atoms with E-state index in [1.165, 1.54) is 11.3 Å². The predicted octanol–water partition coefficient (Wildman–Crippen LogP) is 2.71. The van der Waals surface area contributed by atoms with Crippen molar-refractivity contribution in [3.63, 3.8) is 0 Å². The SMILES string of the molecule is O=C(c1nn(-c2ccccc2)c2c1CCC2)N1CCN(Cc2cccnc2)CC1. The number of rotatable bonds is 4. The Bertz CT molecular complexity index is 991. The summed E-state index contributed by atoms with van der Waals surface area (Å²) >= 11 is 0. The van der Waals surface area contributed by atoms with Gasteiger partial charge >= 0.3 is 0 Å². The minimum atomic E-state index is 0.0823. The quantitative estimate of drug-likeness (QED) is 0.691. The molecule has 1 saturated heterocycles. The fraction of sp³-hybridized carbons (Fsp3) is 0.348. The van der Waals surface area contributed by atoms with Crippen LogP contribution in [0.15, 0.2) is 54.9 Å². The van der Waals surface area contributed by atoms with Gasteiger partial charge in [0.15, 0.2) is 5.69 Å². The van der Waals surface area contributed by atoms with Gasteiger partial charge in [-0.25, -0.2) is 4.68 Å². The number of pyridine rings is 1. The number of piperazine rings is 1. The first-order valence-corrected chi connectivity index (χ1v) is 10.4. The van der Waals surface area contributed by atoms with E-state index in [4.69, 9.17) is 5.10 Å². The molecule has 0 radical (unpaired) electrons. The normalized spacial score (nSPS) is 16.8. The fourth-order valence-corrected chi connectivity index (χ4v) is 4.40. The number of benzene rings is 1. The van der Waals surface area contributed by atoms with E-state index in [0.717, 1.165) is 63.2 Å². The molecule has 2 aliphatic rings. The van der Waals surface area contributed by atoms with E-state index < -0.39 is 0 Å². The molecule has 5 rings (SSSR count). The molecule has 1 aliphatic carbocycles. The van der Waals surface area contributed by atoms with E-state index in [9.17, 15) is 4.79 Å². The van der Waals surface area contributed by atoms with Gasteiger partial charge in [0.25, 0.3) is 5.91 Å². The van der Waals surface area contributed by atoms with Crippen molar-refractivity contribution in [2.24, 2.45) is 0 Å². The maximum absolute atomic E-state index is 13.3. The third-order valence-corrected chi connectivity index (χ3v) is 5.92. The first-order chi connectivity index (χ1) is 14.3. The molecular formula is C23H25N5O. The van der Waals surface area contributed by atoms with Crippen LogP contribution in [0.25, 0.3) is 5.69 Å². The average Bonchev–Trinajstić information content (AvgIpc) is 3.38. The van der Waals surface area contributed by atoms with E-state index >= 15 is 0 Å². The fourth-order valence-electron chi connectivity index (χ4n) is 4.40. The Morgan fingerprint density at radius 3 is 2.55 bits per heavy atom. The number of amides is 1. The Morgan fingerprint density at radius 1 is 0.966 bits per heavy atom. The third-order valence-electron chi connectivity index (χ3n) is 5.92. The van der Waals surface area contributed by atoms with E-state index in [0.29, 0.717) is 5.69 Å². The standard InChI is InChI=1S/C23H25N5O/c29-23(27-14-12-26(13-15-27)17-18-6-5-11-24-16-18)22-20-9-4-10-21(20)28(25-22)19-7-2-1-3-8-19/h1-3,5-8,11,16H,4,9-10,12-15,17H2. The number of para-hydroxylation sites is 1. The Hall–Kier alpha value is -2.99. The Balaban J connectivity index is 1.31. The summed E-state index contributed by atoms with van der Waals surface area (Å²) in [6, 6.07) is 14.2. The van der Waals surface area contributed by atoms with Crippen LogP contribution in [0.5, 0.6) is 0 Å². The summed E-state index contributed by atoms with van der Waals surface area (Å²) in [4.78, 5) is 21.8. The minimum absolute atomic E-state index is 0.0823. The summed E-state index contributed by atoms with van der Waals surface area (Å²) in [5.41, 5.74) is 5.26. The van der Waals surface area contributed by atoms with Crippen molar-refractivity contribution >= 4 is 5.91 Å². The van der Waals surface area contributed by atoms with Crippen LogP contribution in [-0.4, -0.2) is 56.7 Å². The first-order valence-electron chi connectivity index (χ1n) is 10.4. The van der Waals surface area contributed by atoms with E-state index in [1.54, 1.807) is 6.20 Å². The van der Waals surface area contributed by atoms with Crippen molar-refractivity contribution in [2.45, 2.75) is 25.8 Å². The molecular weight excluding hydrogens is 362 g/mol. The lowest BCUT2D eigenvalue weighted by Gasteiger charge is -2.34. The Labute approximate surface area is 170 Å². The van der Waals surface area contributed by atoms with Crippen molar-refractivity contribution in [1.29, 1.82) is 0 Å². The minimum Gasteiger partial charge on any atom is -0.335 e. The van der Waals surface area contributed by atoms with Crippen LogP contribution in [0, 0.1) is 0 Å². The molecule has 1 aromatic carbocycles. The van der Waals surface area contributed by atoms with Gasteiger partial charge in [0.2, 0.25) is 0 Å². The largest absolute Gasteiger partial charge is 0.335 e. The smallest absolute Gasteiger partial charge is 0.274 e. The number of hydrogen-bond donors (Lipinski definition) is 0. The predicted molar refractivity (Wildman–Crippen MR) is 111 cm³/mol. The Morgan fingerprint density at radius 2 is 1.79 bits per heavy atom. The van der Waals surface area contributed by atoms with Crippen molar-refractivity contribution in [1.82, 2.24) is 24.6 Å². The Kier molecular flexibility index (Phi) is 4.86. The van der Waals surface area contributed by atoms with Gasteiger partial charge < -0.3 is 4.90 Å². The second kappa shape index (κ2) is 7.79. The molecule has 29 heavy (non-hydrogen) atoms. The summed E-state index contributed by atoms with van der Waals surface area (Å²) < 4.78 is 1.98. The number of carbonyl (C=O) groups is 1. The molecule has 0 bridgehead atoms. The number of hydrogen-bond acceptors (Lipinski definition) is 4. The van der Waals surface area contributed by atoms with Crippen molar-refractivity contribution < 1.29 is 4.79 Å². The van der Waals surface area contributed by atoms with E-state index in [1.807, 2.05) is 40.0 Å². The lowest BCUT2D eigenvalue weighted by atomic mass is 10.1. The number of aromatic nitrogens is 3. The summed E-state index contributed by atoms with van der Waals surface area (Å²) in [6.45, 7) is 4.12. The lowest BCUT2D eigenvalue weighted by Crippen LogP contribution is -2.48. The van der Waals surface area contributed by atoms with Crippen molar-refractivity contribution in [2.75, 3.05) is 26.2 Å². The molecule has 1 amide bonds. The van der Waals surface area contributed by atoms with Crippen LogP contribution in [0.4, 0.5) is 0 Å². The zero-order chi connectivity index (χ0) is 19.6. The molecule has 0 atom stereocenters. The summed E-state index contributed by atoms with van der Waals surface area (Å²) in [5.74, 6) is 0.0823. The monoisotopic (exact) mass is 387 g/mol. The van der Waals surface area contributed by atoms with Gasteiger partial charge in [-0.05, 0) is 43.0 Å². The number of carbonyl (C=O) groups excluding carboxylic acids is 1. The average molecular weight is 387 g/mol. The van der Waals surface area contributed by atoms with Gasteiger partial charge in [-0.1, -0.05) is 24.3 Å². The molecule has 2 aromatic heterocycles. The van der Waals surface area contributed by atoms with Crippen LogP contribution in [-0.2, 0) is 19.4 Å². The molecule has 0 saturated carbocycles. The highest BCUT2D eigenvalue weighted by Gasteiger charge is 2.31. The molecule has 1 aliphatic heterocycles. The van der Waals surface area contributed by atoms with Crippen LogP contribution in [0.2, 0.25) is 0 Å². The maximum Gasteiger partial charge on any atom is 0.274 e. The van der Waals surface area contributed by atoms with Crippen LogP contribution >= 0.6 is 0 Å². The number of fused-ring (bicyclic) bond motifs is 1. The third kappa shape index (κ3) is 3.56.